The van der Waals surface area contributed by atoms with Crippen LogP contribution >= 0.6 is 23.5 Å². The molecule has 2 heterocycles. The molecule has 0 saturated carbocycles. The Morgan fingerprint density at radius 2 is 1.17 bits per heavy atom. The molecular weight excluding hydrogens is 471 g/mol. The molecule has 2 atom stereocenters. The average Bonchev–Trinajstić information content (AvgIpc) is 3.07. The second kappa shape index (κ2) is 8.23. The Labute approximate surface area is 186 Å². The molecule has 0 aromatic heterocycles. The summed E-state index contributed by atoms with van der Waals surface area (Å²) in [7, 11) is -1.60. The number of thioether (sulfide) groups is 2. The molecule has 0 bridgehead atoms. The summed E-state index contributed by atoms with van der Waals surface area (Å²) in [5.74, 6) is 1.17. The van der Waals surface area contributed by atoms with Crippen molar-refractivity contribution in [2.45, 2.75) is 26.9 Å². The average molecular weight is 491 g/mol. The summed E-state index contributed by atoms with van der Waals surface area (Å²) < 4.78 is 0. The van der Waals surface area contributed by atoms with Gasteiger partial charge in [0.2, 0.25) is 0 Å². The van der Waals surface area contributed by atoms with Gasteiger partial charge in [-0.1, -0.05) is 83.5 Å². The summed E-state index contributed by atoms with van der Waals surface area (Å²) in [4.78, 5) is 6.23. The summed E-state index contributed by atoms with van der Waals surface area (Å²) >= 11 is 4.01. The summed E-state index contributed by atoms with van der Waals surface area (Å²) in [6, 6.07) is 0. The third-order valence-corrected chi connectivity index (χ3v) is 11.7. The first-order valence-corrected chi connectivity index (χ1v) is 12.2. The Bertz CT molecular complexity index is 669. The van der Waals surface area contributed by atoms with E-state index in [4.69, 9.17) is 0 Å². The Balaban J connectivity index is 0.000000960. The molecule has 24 heavy (non-hydrogen) atoms. The molecule has 4 aliphatic rings. The second-order valence-electron chi connectivity index (χ2n) is 6.63. The Morgan fingerprint density at radius 1 is 0.792 bits per heavy atom. The van der Waals surface area contributed by atoms with Crippen LogP contribution in [0.3, 0.4) is 0 Å². The van der Waals surface area contributed by atoms with Gasteiger partial charge in [0.15, 0.2) is 0 Å². The Morgan fingerprint density at radius 3 is 1.54 bits per heavy atom. The molecule has 0 nitrogen and oxygen atoms in total. The SMILES string of the molecule is CC1=C([Si](C)(C)C2=C(C)SC3=CC=CC32)C2C=CC=C2S1.[Cl-].[Cl-].[Zr+2]. The molecule has 126 valence electrons. The van der Waals surface area contributed by atoms with Crippen LogP contribution in [-0.4, -0.2) is 8.07 Å². The van der Waals surface area contributed by atoms with E-state index in [1.807, 2.05) is 23.5 Å². The molecule has 0 aromatic rings. The monoisotopic (exact) mass is 488 g/mol. The van der Waals surface area contributed by atoms with Gasteiger partial charge in [0.05, 0.1) is 0 Å². The van der Waals surface area contributed by atoms with E-state index in [9.17, 15) is 0 Å². The zero-order chi connectivity index (χ0) is 14.8. The first-order chi connectivity index (χ1) is 10.00. The van der Waals surface area contributed by atoms with Crippen molar-refractivity contribution < 1.29 is 51.0 Å². The number of allylic oxidation sites excluding steroid dienone is 12. The van der Waals surface area contributed by atoms with Gasteiger partial charge < -0.3 is 24.8 Å². The number of rotatable bonds is 2. The van der Waals surface area contributed by atoms with Gasteiger partial charge in [-0.3, -0.25) is 0 Å². The zero-order valence-corrected chi connectivity index (χ0v) is 20.8. The molecule has 0 amide bonds. The molecule has 0 saturated heterocycles. The molecule has 6 heteroatoms. The van der Waals surface area contributed by atoms with Gasteiger partial charge in [0.25, 0.3) is 0 Å². The van der Waals surface area contributed by atoms with Crippen LogP contribution in [0.2, 0.25) is 13.1 Å². The van der Waals surface area contributed by atoms with Crippen molar-refractivity contribution in [2.24, 2.45) is 11.8 Å². The van der Waals surface area contributed by atoms with Crippen LogP contribution in [-0.2, 0) is 26.2 Å². The zero-order valence-electron chi connectivity index (χ0n) is 14.2. The van der Waals surface area contributed by atoms with E-state index in [0.717, 1.165) is 0 Å². The maximum Gasteiger partial charge on any atom is 2.00 e. The van der Waals surface area contributed by atoms with Crippen LogP contribution in [0.1, 0.15) is 13.8 Å². The van der Waals surface area contributed by atoms with Gasteiger partial charge in [-0.15, -0.1) is 0 Å². The first kappa shape index (κ1) is 22.9. The van der Waals surface area contributed by atoms with Gasteiger partial charge in [-0.05, 0) is 23.7 Å². The number of fused-ring (bicyclic) bond motifs is 2. The van der Waals surface area contributed by atoms with Crippen molar-refractivity contribution in [3.63, 3.8) is 0 Å². The van der Waals surface area contributed by atoms with Crippen molar-refractivity contribution in [3.05, 3.63) is 66.5 Å². The first-order valence-electron chi connectivity index (χ1n) is 7.55. The van der Waals surface area contributed by atoms with E-state index in [-0.39, 0.29) is 51.0 Å². The maximum absolute atomic E-state index is 2.57. The van der Waals surface area contributed by atoms with Crippen molar-refractivity contribution in [1.29, 1.82) is 0 Å². The van der Waals surface area contributed by atoms with E-state index in [0.29, 0.717) is 11.8 Å². The van der Waals surface area contributed by atoms with E-state index in [2.05, 4.69) is 63.4 Å². The topological polar surface area (TPSA) is 0 Å². The third kappa shape index (κ3) is 3.37. The Kier molecular flexibility index (Phi) is 7.84. The predicted octanol–water partition coefficient (Wildman–Crippen LogP) is -0.0399. The fourth-order valence-electron chi connectivity index (χ4n) is 4.30. The summed E-state index contributed by atoms with van der Waals surface area (Å²) in [5, 5.41) is 3.51. The minimum absolute atomic E-state index is 0. The van der Waals surface area contributed by atoms with Gasteiger partial charge in [-0.2, -0.15) is 0 Å². The number of hydrogen-bond acceptors (Lipinski definition) is 2. The van der Waals surface area contributed by atoms with E-state index >= 15 is 0 Å². The van der Waals surface area contributed by atoms with Crippen LogP contribution in [0, 0.1) is 11.8 Å². The van der Waals surface area contributed by atoms with E-state index in [1.54, 1.807) is 30.0 Å². The van der Waals surface area contributed by atoms with Crippen LogP contribution in [0.25, 0.3) is 0 Å². The summed E-state index contributed by atoms with van der Waals surface area (Å²) in [5.41, 5.74) is 0. The van der Waals surface area contributed by atoms with Crippen molar-refractivity contribution in [3.8, 4) is 0 Å². The third-order valence-electron chi connectivity index (χ3n) is 5.01. The van der Waals surface area contributed by atoms with Gasteiger partial charge >= 0.3 is 26.2 Å². The normalized spacial score (nSPS) is 26.5. The minimum Gasteiger partial charge on any atom is -1.00 e. The fraction of sp³-hybridized carbons (Fsp3) is 0.333. The molecule has 4 rings (SSSR count). The van der Waals surface area contributed by atoms with Crippen LogP contribution < -0.4 is 24.8 Å². The minimum atomic E-state index is -1.60. The fourth-order valence-corrected chi connectivity index (χ4v) is 12.6. The maximum atomic E-state index is 2.57. The van der Waals surface area contributed by atoms with Crippen molar-refractivity contribution in [1.82, 2.24) is 0 Å². The molecule has 2 aliphatic heterocycles. The van der Waals surface area contributed by atoms with Crippen molar-refractivity contribution >= 4 is 31.6 Å². The quantitative estimate of drug-likeness (QED) is 0.499. The number of halogens is 2. The predicted molar refractivity (Wildman–Crippen MR) is 99.5 cm³/mol. The molecule has 2 unspecified atom stereocenters. The van der Waals surface area contributed by atoms with Crippen LogP contribution in [0.15, 0.2) is 66.5 Å². The Hall–Kier alpha value is 0.820. The molecule has 0 N–H and O–H groups in total. The van der Waals surface area contributed by atoms with E-state index < -0.39 is 8.07 Å². The molecule has 0 fully saturated rings. The smallest absolute Gasteiger partial charge is 1.00 e. The molecular formula is C18H20Cl2S2SiZr. The van der Waals surface area contributed by atoms with Gasteiger partial charge in [0, 0.05) is 21.6 Å². The van der Waals surface area contributed by atoms with E-state index in [1.165, 1.54) is 0 Å². The summed E-state index contributed by atoms with van der Waals surface area (Å²) in [6.07, 6.45) is 13.9. The largest absolute Gasteiger partial charge is 2.00 e. The molecule has 0 radical (unpaired) electrons. The van der Waals surface area contributed by atoms with Gasteiger partial charge in [-0.25, -0.2) is 0 Å². The number of hydrogen-bond donors (Lipinski definition) is 0. The van der Waals surface area contributed by atoms with Crippen LogP contribution in [0.5, 0.6) is 0 Å². The molecule has 2 aliphatic carbocycles. The standard InChI is InChI=1S/C18H20S2Si.2ClH.Zr/c1-11-17(13-7-5-9-15(13)19-11)21(3,4)18-12(2)20-16-10-6-8-14(16)18;;;/h5-10,13-14H,1-4H3;2*1H;/q;;;+2/p-2. The second-order valence-corrected chi connectivity index (χ2v) is 13.5. The van der Waals surface area contributed by atoms with Crippen molar-refractivity contribution in [2.75, 3.05) is 0 Å². The molecule has 0 aromatic carbocycles. The van der Waals surface area contributed by atoms with Crippen LogP contribution in [0.4, 0.5) is 0 Å². The van der Waals surface area contributed by atoms with Gasteiger partial charge in [0.1, 0.15) is 8.07 Å². The summed E-state index contributed by atoms with van der Waals surface area (Å²) in [6.45, 7) is 9.80. The molecule has 0 spiro atoms.